The van der Waals surface area contributed by atoms with Crippen molar-refractivity contribution in [2.24, 2.45) is 11.3 Å². The van der Waals surface area contributed by atoms with E-state index >= 15 is 0 Å². The Labute approximate surface area is 158 Å². The van der Waals surface area contributed by atoms with E-state index in [4.69, 9.17) is 0 Å². The molecular weight excluding hydrogens is 378 g/mol. The van der Waals surface area contributed by atoms with E-state index < -0.39 is 34.8 Å². The van der Waals surface area contributed by atoms with Gasteiger partial charge in [-0.2, -0.15) is 26.3 Å². The molecule has 146 valence electrons. The van der Waals surface area contributed by atoms with Crippen molar-refractivity contribution < 1.29 is 26.3 Å². The molecule has 0 aromatic heterocycles. The van der Waals surface area contributed by atoms with Crippen molar-refractivity contribution in [2.75, 3.05) is 0 Å². The summed E-state index contributed by atoms with van der Waals surface area (Å²) in [6.45, 7) is 1.29. The van der Waals surface area contributed by atoms with E-state index in [-0.39, 0.29) is 6.42 Å². The highest BCUT2D eigenvalue weighted by Gasteiger charge is 2.65. The number of halogens is 6. The number of hydrogen-bond acceptors (Lipinski definition) is 0. The van der Waals surface area contributed by atoms with Crippen LogP contribution in [0.4, 0.5) is 26.3 Å². The van der Waals surface area contributed by atoms with Crippen molar-refractivity contribution >= 4 is 11.1 Å². The van der Waals surface area contributed by atoms with Crippen LogP contribution in [0.5, 0.6) is 0 Å². The maximum Gasteiger partial charge on any atom is 0.413 e. The van der Waals surface area contributed by atoms with E-state index in [0.29, 0.717) is 22.3 Å². The lowest BCUT2D eigenvalue weighted by Crippen LogP contribution is -2.32. The highest BCUT2D eigenvalue weighted by Crippen LogP contribution is 2.70. The van der Waals surface area contributed by atoms with Gasteiger partial charge in [0.25, 0.3) is 0 Å². The van der Waals surface area contributed by atoms with Gasteiger partial charge in [0.05, 0.1) is 5.57 Å². The Morgan fingerprint density at radius 2 is 1.25 bits per heavy atom. The lowest BCUT2D eigenvalue weighted by Gasteiger charge is -2.34. The van der Waals surface area contributed by atoms with Gasteiger partial charge in [0, 0.05) is 16.9 Å². The van der Waals surface area contributed by atoms with Gasteiger partial charge >= 0.3 is 12.4 Å². The molecule has 0 heterocycles. The van der Waals surface area contributed by atoms with Crippen LogP contribution in [0.15, 0.2) is 71.8 Å². The fourth-order valence-electron chi connectivity index (χ4n) is 4.88. The molecule has 6 heteroatoms. The minimum Gasteiger partial charge on any atom is -0.166 e. The van der Waals surface area contributed by atoms with Gasteiger partial charge in [-0.1, -0.05) is 67.6 Å². The monoisotopic (exact) mass is 394 g/mol. The zero-order valence-electron chi connectivity index (χ0n) is 14.8. The number of allylic oxidation sites excluding steroid dienone is 4. The quantitative estimate of drug-likeness (QED) is 0.378. The number of benzene rings is 2. The second-order valence-electron chi connectivity index (χ2n) is 7.39. The molecule has 2 aliphatic rings. The molecule has 2 unspecified atom stereocenters. The first-order chi connectivity index (χ1) is 13.0. The van der Waals surface area contributed by atoms with Gasteiger partial charge in [-0.05, 0) is 28.7 Å². The summed E-state index contributed by atoms with van der Waals surface area (Å²) in [6, 6.07) is 16.8. The van der Waals surface area contributed by atoms with Crippen LogP contribution in [-0.4, -0.2) is 12.4 Å². The molecule has 2 aromatic carbocycles. The van der Waals surface area contributed by atoms with Gasteiger partial charge in [0.2, 0.25) is 0 Å². The highest BCUT2D eigenvalue weighted by atomic mass is 19.4. The lowest BCUT2D eigenvalue weighted by atomic mass is 9.71. The molecule has 28 heavy (non-hydrogen) atoms. The Morgan fingerprint density at radius 1 is 0.750 bits per heavy atom. The van der Waals surface area contributed by atoms with E-state index in [9.17, 15) is 26.3 Å². The summed E-state index contributed by atoms with van der Waals surface area (Å²) in [5.41, 5.74) is -2.91. The van der Waals surface area contributed by atoms with Crippen LogP contribution in [0.1, 0.15) is 24.5 Å². The molecule has 0 radical (unpaired) electrons. The summed E-state index contributed by atoms with van der Waals surface area (Å²) in [5.74, 6) is -1.33. The number of rotatable bonds is 2. The van der Waals surface area contributed by atoms with Gasteiger partial charge in [-0.15, -0.1) is 0 Å². The average molecular weight is 394 g/mol. The molecule has 0 spiro atoms. The lowest BCUT2D eigenvalue weighted by molar-refractivity contribution is -0.120. The first-order valence-electron chi connectivity index (χ1n) is 8.79. The van der Waals surface area contributed by atoms with Gasteiger partial charge < -0.3 is 0 Å². The second kappa shape index (κ2) is 6.00. The van der Waals surface area contributed by atoms with Crippen LogP contribution in [0.2, 0.25) is 0 Å². The maximum atomic E-state index is 13.9. The van der Waals surface area contributed by atoms with Crippen molar-refractivity contribution in [1.29, 1.82) is 0 Å². The zero-order chi connectivity index (χ0) is 20.3. The van der Waals surface area contributed by atoms with E-state index in [2.05, 4.69) is 0 Å². The normalized spacial score (nSPS) is 25.0. The Morgan fingerprint density at radius 3 is 1.71 bits per heavy atom. The van der Waals surface area contributed by atoms with E-state index in [0.717, 1.165) is 0 Å². The van der Waals surface area contributed by atoms with Crippen molar-refractivity contribution in [1.82, 2.24) is 0 Å². The van der Waals surface area contributed by atoms with Crippen molar-refractivity contribution in [3.8, 4) is 0 Å². The predicted molar refractivity (Wildman–Crippen MR) is 95.0 cm³/mol. The molecule has 0 saturated carbocycles. The van der Waals surface area contributed by atoms with Crippen molar-refractivity contribution in [2.45, 2.75) is 25.7 Å². The standard InChI is InChI=1S/C22H16F6/c1-20-12-15(18(21(23,24)25)19(20)22(26,27)28)16(13-8-4-2-5-9-13)17(20)14-10-6-3-7-11-14/h2-11,15H,12H2,1H3. The first-order valence-corrected chi connectivity index (χ1v) is 8.79. The number of fused-ring (bicyclic) bond motifs is 2. The Bertz CT molecular complexity index is 964. The number of alkyl halides is 6. The molecule has 0 fully saturated rings. The van der Waals surface area contributed by atoms with Gasteiger partial charge in [0.1, 0.15) is 0 Å². The zero-order valence-corrected chi connectivity index (χ0v) is 14.8. The van der Waals surface area contributed by atoms with Crippen LogP contribution in [-0.2, 0) is 0 Å². The van der Waals surface area contributed by atoms with Crippen molar-refractivity contribution in [3.63, 3.8) is 0 Å². The predicted octanol–water partition coefficient (Wildman–Crippen LogP) is 7.06. The van der Waals surface area contributed by atoms with Crippen LogP contribution in [0, 0.1) is 11.3 Å². The van der Waals surface area contributed by atoms with E-state index in [1.54, 1.807) is 60.7 Å². The SMILES string of the molecule is CC12CC(C(c3ccccc3)=C1c1ccccc1)C(C(F)(F)F)=C2C(F)(F)F. The third kappa shape index (κ3) is 2.69. The smallest absolute Gasteiger partial charge is 0.166 e. The average Bonchev–Trinajstić information content (AvgIpc) is 3.10. The summed E-state index contributed by atoms with van der Waals surface area (Å²) in [4.78, 5) is 0. The summed E-state index contributed by atoms with van der Waals surface area (Å²) in [5, 5.41) is 0. The van der Waals surface area contributed by atoms with Crippen LogP contribution in [0.3, 0.4) is 0 Å². The molecule has 4 rings (SSSR count). The molecule has 2 bridgehead atoms. The number of hydrogen-bond donors (Lipinski definition) is 0. The Kier molecular flexibility index (Phi) is 4.04. The fraction of sp³-hybridized carbons (Fsp3) is 0.273. The second-order valence-corrected chi connectivity index (χ2v) is 7.39. The van der Waals surface area contributed by atoms with E-state index in [1.165, 1.54) is 6.92 Å². The van der Waals surface area contributed by atoms with Crippen LogP contribution < -0.4 is 0 Å². The summed E-state index contributed by atoms with van der Waals surface area (Å²) < 4.78 is 83.1. The summed E-state index contributed by atoms with van der Waals surface area (Å²) >= 11 is 0. The molecule has 0 saturated heterocycles. The molecule has 0 nitrogen and oxygen atoms in total. The molecule has 2 aliphatic carbocycles. The molecule has 2 atom stereocenters. The topological polar surface area (TPSA) is 0 Å². The van der Waals surface area contributed by atoms with Crippen LogP contribution in [0.25, 0.3) is 11.1 Å². The van der Waals surface area contributed by atoms with Crippen molar-refractivity contribution in [3.05, 3.63) is 82.9 Å². The minimum absolute atomic E-state index is 0.231. The molecule has 2 aromatic rings. The third-order valence-corrected chi connectivity index (χ3v) is 5.69. The summed E-state index contributed by atoms with van der Waals surface area (Å²) in [7, 11) is 0. The first kappa shape index (κ1) is 18.8. The van der Waals surface area contributed by atoms with Gasteiger partial charge in [-0.25, -0.2) is 0 Å². The highest BCUT2D eigenvalue weighted by molar-refractivity contribution is 6.01. The van der Waals surface area contributed by atoms with E-state index in [1.807, 2.05) is 0 Å². The molecule has 0 amide bonds. The van der Waals surface area contributed by atoms with Gasteiger partial charge in [0.15, 0.2) is 0 Å². The van der Waals surface area contributed by atoms with Gasteiger partial charge in [-0.3, -0.25) is 0 Å². The molecule has 0 N–H and O–H groups in total. The Hall–Kier alpha value is -2.50. The third-order valence-electron chi connectivity index (χ3n) is 5.69. The molecular formula is C22H16F6. The maximum absolute atomic E-state index is 13.9. The summed E-state index contributed by atoms with van der Waals surface area (Å²) in [6.07, 6.45) is -10.3. The largest absolute Gasteiger partial charge is 0.413 e. The van der Waals surface area contributed by atoms with Crippen LogP contribution >= 0.6 is 0 Å². The minimum atomic E-state index is -5.06. The fourth-order valence-corrected chi connectivity index (χ4v) is 4.88. The Balaban J connectivity index is 2.06. The molecule has 0 aliphatic heterocycles.